The number of likely N-dealkylation sites (N-methyl/N-ethyl adjacent to an activating group) is 1. The third-order valence-corrected chi connectivity index (χ3v) is 4.76. The number of carbonyl (C=O) groups is 2. The lowest BCUT2D eigenvalue weighted by Crippen LogP contribution is -2.44. The lowest BCUT2D eigenvalue weighted by atomic mass is 9.96. The van der Waals surface area contributed by atoms with Crippen molar-refractivity contribution in [3.05, 3.63) is 65.5 Å². The van der Waals surface area contributed by atoms with Gasteiger partial charge < -0.3 is 10.6 Å². The molecule has 0 spiro atoms. The van der Waals surface area contributed by atoms with Gasteiger partial charge in [0.25, 0.3) is 0 Å². The smallest absolute Gasteiger partial charge is 0.314 e. The Bertz CT molecular complexity index is 1040. The molecule has 2 aromatic heterocycles. The van der Waals surface area contributed by atoms with Crippen LogP contribution in [0.2, 0.25) is 0 Å². The van der Waals surface area contributed by atoms with Gasteiger partial charge in [-0.15, -0.1) is 5.10 Å². The maximum atomic E-state index is 12.5. The molecule has 1 aromatic carbocycles. The van der Waals surface area contributed by atoms with E-state index in [9.17, 15) is 9.59 Å². The number of benzene rings is 1. The average Bonchev–Trinajstić information content (AvgIpc) is 3.16. The summed E-state index contributed by atoms with van der Waals surface area (Å²) in [6, 6.07) is 12.8. The molecule has 9 heteroatoms. The van der Waals surface area contributed by atoms with Gasteiger partial charge in [-0.05, 0) is 37.2 Å². The van der Waals surface area contributed by atoms with E-state index in [0.717, 1.165) is 23.4 Å². The van der Waals surface area contributed by atoms with Crippen LogP contribution in [0.3, 0.4) is 0 Å². The highest BCUT2D eigenvalue weighted by Gasteiger charge is 2.27. The number of aromatic nitrogens is 4. The molecule has 3 heterocycles. The molecule has 148 valence electrons. The van der Waals surface area contributed by atoms with Gasteiger partial charge in [-0.25, -0.2) is 0 Å². The molecule has 0 saturated carbocycles. The highest BCUT2D eigenvalue weighted by Crippen LogP contribution is 2.25. The van der Waals surface area contributed by atoms with Gasteiger partial charge >= 0.3 is 11.8 Å². The summed E-state index contributed by atoms with van der Waals surface area (Å²) < 4.78 is 1.42. The number of hydrogen-bond donors (Lipinski definition) is 2. The summed E-state index contributed by atoms with van der Waals surface area (Å²) in [6.07, 6.45) is 1.52. The summed E-state index contributed by atoms with van der Waals surface area (Å²) in [5.41, 5.74) is 2.94. The number of hydrogen-bond acceptors (Lipinski definition) is 6. The van der Waals surface area contributed by atoms with Gasteiger partial charge in [0.15, 0.2) is 5.82 Å². The normalized spacial score (nSPS) is 16.1. The summed E-state index contributed by atoms with van der Waals surface area (Å²) in [5.74, 6) is -0.691. The molecule has 3 aromatic rings. The number of amides is 2. The summed E-state index contributed by atoms with van der Waals surface area (Å²) in [4.78, 5) is 27.2. The fraction of sp³-hybridized carbons (Fsp3) is 0.250. The van der Waals surface area contributed by atoms with Gasteiger partial charge in [0.1, 0.15) is 5.82 Å². The van der Waals surface area contributed by atoms with E-state index < -0.39 is 11.8 Å². The summed E-state index contributed by atoms with van der Waals surface area (Å²) >= 11 is 0. The molecule has 0 bridgehead atoms. The molecule has 9 nitrogen and oxygen atoms in total. The van der Waals surface area contributed by atoms with Crippen LogP contribution < -0.4 is 10.6 Å². The van der Waals surface area contributed by atoms with E-state index in [4.69, 9.17) is 0 Å². The first-order chi connectivity index (χ1) is 14.0. The van der Waals surface area contributed by atoms with Crippen LogP contribution in [0.1, 0.15) is 22.9 Å². The minimum atomic E-state index is -0.766. The van der Waals surface area contributed by atoms with Gasteiger partial charge in [0.05, 0.1) is 17.9 Å². The van der Waals surface area contributed by atoms with E-state index in [-0.39, 0.29) is 6.04 Å². The van der Waals surface area contributed by atoms with Gasteiger partial charge in [-0.2, -0.15) is 14.9 Å². The van der Waals surface area contributed by atoms with E-state index in [1.165, 1.54) is 10.9 Å². The molecule has 1 unspecified atom stereocenters. The summed E-state index contributed by atoms with van der Waals surface area (Å²) in [5, 5.41) is 17.6. The zero-order valence-corrected chi connectivity index (χ0v) is 16.2. The van der Waals surface area contributed by atoms with Crippen LogP contribution in [0, 0.1) is 6.92 Å². The number of nitrogens with one attached hydrogen (secondary N) is 2. The highest BCUT2D eigenvalue weighted by atomic mass is 16.2. The van der Waals surface area contributed by atoms with Crippen molar-refractivity contribution < 1.29 is 9.59 Å². The Kier molecular flexibility index (Phi) is 5.05. The van der Waals surface area contributed by atoms with Crippen LogP contribution in [-0.4, -0.2) is 50.3 Å². The molecule has 1 aliphatic heterocycles. The average molecular weight is 391 g/mol. The van der Waals surface area contributed by atoms with E-state index in [1.807, 2.05) is 38.2 Å². The van der Waals surface area contributed by atoms with E-state index in [0.29, 0.717) is 18.2 Å². The SMILES string of the molecule is Cc1ccc(-n2nccc2NC(=O)C(=O)NC2CN(C)Cc3ccccc32)nn1. The summed E-state index contributed by atoms with van der Waals surface area (Å²) in [6.45, 7) is 3.27. The Morgan fingerprint density at radius 3 is 2.69 bits per heavy atom. The molecular formula is C20H21N7O2. The highest BCUT2D eigenvalue weighted by molar-refractivity contribution is 6.39. The second-order valence-corrected chi connectivity index (χ2v) is 7.04. The van der Waals surface area contributed by atoms with E-state index >= 15 is 0 Å². The maximum Gasteiger partial charge on any atom is 0.314 e. The minimum Gasteiger partial charge on any atom is -0.340 e. The minimum absolute atomic E-state index is 0.254. The Morgan fingerprint density at radius 2 is 1.90 bits per heavy atom. The summed E-state index contributed by atoms with van der Waals surface area (Å²) in [7, 11) is 1.98. The molecule has 0 radical (unpaired) electrons. The van der Waals surface area contributed by atoms with Crippen molar-refractivity contribution in [1.29, 1.82) is 0 Å². The Labute approximate surface area is 167 Å². The van der Waals surface area contributed by atoms with Gasteiger partial charge in [-0.1, -0.05) is 24.3 Å². The second-order valence-electron chi connectivity index (χ2n) is 7.04. The van der Waals surface area contributed by atoms with Crippen molar-refractivity contribution in [1.82, 2.24) is 30.2 Å². The number of anilines is 1. The van der Waals surface area contributed by atoms with Gasteiger partial charge in [0, 0.05) is 19.2 Å². The molecule has 0 aliphatic carbocycles. The predicted octanol–water partition coefficient (Wildman–Crippen LogP) is 1.21. The first-order valence-electron chi connectivity index (χ1n) is 9.24. The molecule has 0 fully saturated rings. The first-order valence-corrected chi connectivity index (χ1v) is 9.24. The van der Waals surface area contributed by atoms with Crippen LogP contribution in [0.4, 0.5) is 5.82 Å². The van der Waals surface area contributed by atoms with Crippen LogP contribution >= 0.6 is 0 Å². The third-order valence-electron chi connectivity index (χ3n) is 4.76. The molecule has 1 aliphatic rings. The molecule has 1 atom stereocenters. The molecule has 0 saturated heterocycles. The molecule has 2 amide bonds. The third kappa shape index (κ3) is 3.99. The van der Waals surface area contributed by atoms with E-state index in [2.05, 4.69) is 30.8 Å². The Morgan fingerprint density at radius 1 is 1.07 bits per heavy atom. The number of carbonyl (C=O) groups excluding carboxylic acids is 2. The fourth-order valence-corrected chi connectivity index (χ4v) is 3.39. The Balaban J connectivity index is 1.47. The fourth-order valence-electron chi connectivity index (χ4n) is 3.39. The quantitative estimate of drug-likeness (QED) is 0.651. The second kappa shape index (κ2) is 7.80. The number of fused-ring (bicyclic) bond motifs is 1. The van der Waals surface area contributed by atoms with Crippen LogP contribution in [-0.2, 0) is 16.1 Å². The predicted molar refractivity (Wildman–Crippen MR) is 106 cm³/mol. The lowest BCUT2D eigenvalue weighted by Gasteiger charge is -2.32. The molecule has 4 rings (SSSR count). The van der Waals surface area contributed by atoms with Gasteiger partial charge in [0.2, 0.25) is 0 Å². The Hall–Kier alpha value is -3.59. The molecule has 29 heavy (non-hydrogen) atoms. The van der Waals surface area contributed by atoms with Crippen LogP contribution in [0.25, 0.3) is 5.82 Å². The largest absolute Gasteiger partial charge is 0.340 e. The van der Waals surface area contributed by atoms with Crippen molar-refractivity contribution in [2.24, 2.45) is 0 Å². The number of rotatable bonds is 3. The van der Waals surface area contributed by atoms with Crippen molar-refractivity contribution in [2.45, 2.75) is 19.5 Å². The van der Waals surface area contributed by atoms with Crippen molar-refractivity contribution in [2.75, 3.05) is 18.9 Å². The van der Waals surface area contributed by atoms with Crippen LogP contribution in [0.5, 0.6) is 0 Å². The molecule has 2 N–H and O–H groups in total. The number of aryl methyl sites for hydroxylation is 1. The van der Waals surface area contributed by atoms with Crippen molar-refractivity contribution in [3.8, 4) is 5.82 Å². The molecular weight excluding hydrogens is 370 g/mol. The van der Waals surface area contributed by atoms with Crippen molar-refractivity contribution >= 4 is 17.6 Å². The number of nitrogens with zero attached hydrogens (tertiary/aromatic N) is 5. The lowest BCUT2D eigenvalue weighted by molar-refractivity contribution is -0.136. The standard InChI is InChI=1S/C20H21N7O2/c1-13-7-8-18(25-24-13)27-17(9-10-21-27)23-20(29)19(28)22-16-12-26(2)11-14-5-3-4-6-15(14)16/h3-10,16H,11-12H2,1-2H3,(H,22,28)(H,23,29). The van der Waals surface area contributed by atoms with Gasteiger partial charge in [-0.3, -0.25) is 14.5 Å². The van der Waals surface area contributed by atoms with Crippen molar-refractivity contribution in [3.63, 3.8) is 0 Å². The monoisotopic (exact) mass is 391 g/mol. The first kappa shape index (κ1) is 18.8. The zero-order chi connectivity index (χ0) is 20.4. The van der Waals surface area contributed by atoms with Crippen LogP contribution in [0.15, 0.2) is 48.7 Å². The maximum absolute atomic E-state index is 12.5. The zero-order valence-electron chi connectivity index (χ0n) is 16.2. The topological polar surface area (TPSA) is 105 Å². The van der Waals surface area contributed by atoms with E-state index in [1.54, 1.807) is 18.2 Å².